The first-order valence-electron chi connectivity index (χ1n) is 3.98. The molecule has 0 aliphatic rings. The van der Waals surface area contributed by atoms with Gasteiger partial charge in [-0.05, 0) is 4.85 Å². The topological polar surface area (TPSA) is 95.7 Å². The molecule has 0 radical (unpaired) electrons. The van der Waals surface area contributed by atoms with Crippen LogP contribution in [0.2, 0.25) is 0 Å². The SMILES string of the molecule is COc1cc2c(c(OC)[n+]([O-])n2O)n1O. The Kier molecular flexibility index (Phi) is 1.78. The van der Waals surface area contributed by atoms with Crippen LogP contribution in [0.25, 0.3) is 11.0 Å². The van der Waals surface area contributed by atoms with Gasteiger partial charge in [0.05, 0.1) is 14.2 Å². The van der Waals surface area contributed by atoms with Crippen LogP contribution in [-0.2, 0) is 0 Å². The standard InChI is InChI=1S/C7H9N3O5/c1-14-5-3-4-6(8(5)11)7(15-2)10(13)9(4)12/h3,11-12H,1-2H3. The third-order valence-corrected chi connectivity index (χ3v) is 2.09. The number of aromatic nitrogens is 3. The van der Waals surface area contributed by atoms with E-state index in [2.05, 4.69) is 0 Å². The van der Waals surface area contributed by atoms with E-state index in [0.717, 1.165) is 0 Å². The third kappa shape index (κ3) is 0.981. The largest absolute Gasteiger partial charge is 0.591 e. The van der Waals surface area contributed by atoms with E-state index in [1.54, 1.807) is 0 Å². The smallest absolute Gasteiger partial charge is 0.437 e. The van der Waals surface area contributed by atoms with Crippen LogP contribution >= 0.6 is 0 Å². The lowest BCUT2D eigenvalue weighted by Crippen LogP contribution is -2.37. The fraction of sp³-hybridized carbons (Fsp3) is 0.286. The summed E-state index contributed by atoms with van der Waals surface area (Å²) in [5, 5.41) is 30.2. The molecule has 0 saturated carbocycles. The van der Waals surface area contributed by atoms with Crippen molar-refractivity contribution in [1.29, 1.82) is 0 Å². The van der Waals surface area contributed by atoms with Crippen LogP contribution < -0.4 is 14.3 Å². The predicted molar refractivity (Wildman–Crippen MR) is 46.4 cm³/mol. The molecule has 8 heteroatoms. The van der Waals surface area contributed by atoms with Gasteiger partial charge in [0.1, 0.15) is 0 Å². The highest BCUT2D eigenvalue weighted by atomic mass is 16.6. The maximum Gasteiger partial charge on any atom is 0.437 e. The van der Waals surface area contributed by atoms with Crippen LogP contribution in [0, 0.1) is 5.21 Å². The van der Waals surface area contributed by atoms with Crippen LogP contribution in [0.1, 0.15) is 0 Å². The van der Waals surface area contributed by atoms with Gasteiger partial charge in [0, 0.05) is 10.9 Å². The third-order valence-electron chi connectivity index (χ3n) is 2.09. The maximum absolute atomic E-state index is 11.3. The lowest BCUT2D eigenvalue weighted by Gasteiger charge is -2.00. The van der Waals surface area contributed by atoms with Gasteiger partial charge in [-0.2, -0.15) is 0 Å². The van der Waals surface area contributed by atoms with Crippen molar-refractivity contribution in [2.75, 3.05) is 14.2 Å². The van der Waals surface area contributed by atoms with Crippen LogP contribution in [0.4, 0.5) is 0 Å². The average Bonchev–Trinajstić information content (AvgIpc) is 2.67. The molecule has 2 aromatic rings. The molecule has 2 heterocycles. The molecule has 0 spiro atoms. The molecule has 0 saturated heterocycles. The normalized spacial score (nSPS) is 10.8. The summed E-state index contributed by atoms with van der Waals surface area (Å²) in [7, 11) is 2.60. The van der Waals surface area contributed by atoms with Crippen molar-refractivity contribution in [3.8, 4) is 11.8 Å². The highest BCUT2D eigenvalue weighted by Gasteiger charge is 2.29. The molecule has 2 N–H and O–H groups in total. The summed E-state index contributed by atoms with van der Waals surface area (Å²) in [5.41, 5.74) is 0.119. The molecule has 0 fully saturated rings. The van der Waals surface area contributed by atoms with Crippen molar-refractivity contribution in [3.05, 3.63) is 11.3 Å². The number of nitrogens with zero attached hydrogens (tertiary/aromatic N) is 3. The van der Waals surface area contributed by atoms with Crippen LogP contribution in [0.5, 0.6) is 11.8 Å². The van der Waals surface area contributed by atoms with Crippen molar-refractivity contribution >= 4 is 11.0 Å². The quantitative estimate of drug-likeness (QED) is 0.402. The van der Waals surface area contributed by atoms with Crippen LogP contribution in [0.15, 0.2) is 6.07 Å². The molecule has 0 bridgehead atoms. The molecule has 2 aromatic heterocycles. The number of ether oxygens (including phenoxy) is 2. The van der Waals surface area contributed by atoms with E-state index in [4.69, 9.17) is 9.47 Å². The Morgan fingerprint density at radius 3 is 2.53 bits per heavy atom. The lowest BCUT2D eigenvalue weighted by atomic mass is 10.5. The summed E-state index contributed by atoms with van der Waals surface area (Å²) < 4.78 is 10.2. The van der Waals surface area contributed by atoms with Gasteiger partial charge in [-0.3, -0.25) is 0 Å². The van der Waals surface area contributed by atoms with Crippen molar-refractivity contribution in [2.24, 2.45) is 0 Å². The van der Waals surface area contributed by atoms with Gasteiger partial charge in [0.25, 0.3) is 0 Å². The van der Waals surface area contributed by atoms with Gasteiger partial charge in [0.2, 0.25) is 11.4 Å². The van der Waals surface area contributed by atoms with Crippen molar-refractivity contribution in [1.82, 2.24) is 9.58 Å². The van der Waals surface area contributed by atoms with Crippen LogP contribution in [-0.4, -0.2) is 34.2 Å². The minimum Gasteiger partial charge on any atom is -0.591 e. The molecular weight excluding hydrogens is 206 g/mol. The van der Waals surface area contributed by atoms with E-state index in [9.17, 15) is 15.6 Å². The molecule has 0 unspecified atom stereocenters. The van der Waals surface area contributed by atoms with Gasteiger partial charge in [-0.25, -0.2) is 0 Å². The number of methoxy groups -OCH3 is 2. The molecular formula is C7H9N3O5. The number of hydrogen-bond acceptors (Lipinski definition) is 5. The highest BCUT2D eigenvalue weighted by molar-refractivity contribution is 5.81. The first-order chi connectivity index (χ1) is 7.11. The van der Waals surface area contributed by atoms with E-state index >= 15 is 0 Å². The molecule has 0 atom stereocenters. The van der Waals surface area contributed by atoms with Crippen LogP contribution in [0.3, 0.4) is 0 Å². The first-order valence-corrected chi connectivity index (χ1v) is 3.98. The Bertz CT molecular complexity index is 514. The molecule has 8 nitrogen and oxygen atoms in total. The van der Waals surface area contributed by atoms with E-state index in [0.29, 0.717) is 9.58 Å². The molecule has 2 rings (SSSR count). The zero-order chi connectivity index (χ0) is 11.2. The Hall–Kier alpha value is -2.25. The van der Waals surface area contributed by atoms with Gasteiger partial charge in [-0.1, -0.05) is 0 Å². The molecule has 0 aromatic carbocycles. The zero-order valence-electron chi connectivity index (χ0n) is 8.04. The van der Waals surface area contributed by atoms with E-state index in [-0.39, 0.29) is 27.6 Å². The predicted octanol–water partition coefficient (Wildman–Crippen LogP) is -0.432. The summed E-state index contributed by atoms with van der Waals surface area (Å²) >= 11 is 0. The molecule has 15 heavy (non-hydrogen) atoms. The fourth-order valence-corrected chi connectivity index (χ4v) is 1.41. The van der Waals surface area contributed by atoms with Gasteiger partial charge < -0.3 is 25.1 Å². The Morgan fingerprint density at radius 1 is 1.33 bits per heavy atom. The monoisotopic (exact) mass is 215 g/mol. The maximum atomic E-state index is 11.3. The second-order valence-corrected chi connectivity index (χ2v) is 2.80. The van der Waals surface area contributed by atoms with Crippen molar-refractivity contribution in [2.45, 2.75) is 0 Å². The van der Waals surface area contributed by atoms with E-state index < -0.39 is 0 Å². The molecule has 0 aliphatic carbocycles. The fourth-order valence-electron chi connectivity index (χ4n) is 1.41. The van der Waals surface area contributed by atoms with Gasteiger partial charge in [-0.15, -0.1) is 4.73 Å². The minimum atomic E-state index is -0.224. The minimum absolute atomic E-state index is 0.0341. The number of fused-ring (bicyclic) bond motifs is 1. The molecule has 0 amide bonds. The Morgan fingerprint density at radius 2 is 2.00 bits per heavy atom. The summed E-state index contributed by atoms with van der Waals surface area (Å²) in [6.07, 6.45) is 0. The van der Waals surface area contributed by atoms with E-state index in [1.807, 2.05) is 0 Å². The lowest BCUT2D eigenvalue weighted by molar-refractivity contribution is -0.725. The van der Waals surface area contributed by atoms with Crippen molar-refractivity contribution < 1.29 is 24.7 Å². The van der Waals surface area contributed by atoms with Gasteiger partial charge >= 0.3 is 5.88 Å². The Balaban J connectivity index is 2.86. The second kappa shape index (κ2) is 2.87. The molecule has 82 valence electrons. The van der Waals surface area contributed by atoms with Crippen molar-refractivity contribution in [3.63, 3.8) is 0 Å². The summed E-state index contributed by atoms with van der Waals surface area (Å²) in [6, 6.07) is 1.30. The average molecular weight is 215 g/mol. The Labute approximate surface area is 83.6 Å². The highest BCUT2D eigenvalue weighted by Crippen LogP contribution is 2.28. The first kappa shape index (κ1) is 9.31. The zero-order valence-corrected chi connectivity index (χ0v) is 8.04. The molecule has 0 aliphatic heterocycles. The van der Waals surface area contributed by atoms with Gasteiger partial charge in [0.15, 0.2) is 5.52 Å². The summed E-state index contributed by atoms with van der Waals surface area (Å²) in [6.45, 7) is 0. The number of hydrogen-bond donors (Lipinski definition) is 2. The summed E-state index contributed by atoms with van der Waals surface area (Å²) in [4.78, 5) is 0.417. The number of rotatable bonds is 2. The second-order valence-electron chi connectivity index (χ2n) is 2.80. The van der Waals surface area contributed by atoms with E-state index in [1.165, 1.54) is 20.3 Å². The summed E-state index contributed by atoms with van der Waals surface area (Å²) in [5.74, 6) is -0.139.